The van der Waals surface area contributed by atoms with Gasteiger partial charge in [-0.05, 0) is 25.1 Å². The molecular weight excluding hydrogens is 200 g/mol. The zero-order valence-corrected chi connectivity index (χ0v) is 9.43. The summed E-state index contributed by atoms with van der Waals surface area (Å²) in [7, 11) is 0. The van der Waals surface area contributed by atoms with Crippen molar-refractivity contribution in [2.45, 2.75) is 19.9 Å². The summed E-state index contributed by atoms with van der Waals surface area (Å²) in [6.07, 6.45) is 6.60. The maximum absolute atomic E-state index is 4.36. The van der Waals surface area contributed by atoms with E-state index in [0.717, 1.165) is 25.3 Å². The van der Waals surface area contributed by atoms with Crippen LogP contribution in [0, 0.1) is 0 Å². The van der Waals surface area contributed by atoms with E-state index >= 15 is 0 Å². The maximum Gasteiger partial charge on any atom is 0.157 e. The lowest BCUT2D eigenvalue weighted by molar-refractivity contribution is 0.666. The van der Waals surface area contributed by atoms with E-state index in [1.165, 1.54) is 5.56 Å². The minimum absolute atomic E-state index is 0.830. The van der Waals surface area contributed by atoms with Crippen LogP contribution in [0.2, 0.25) is 0 Å². The smallest absolute Gasteiger partial charge is 0.157 e. The Morgan fingerprint density at radius 3 is 3.00 bits per heavy atom. The molecule has 0 fully saturated rings. The van der Waals surface area contributed by atoms with Crippen molar-refractivity contribution in [1.29, 1.82) is 0 Å². The van der Waals surface area contributed by atoms with Gasteiger partial charge in [0.05, 0.1) is 0 Å². The van der Waals surface area contributed by atoms with Gasteiger partial charge in [0, 0.05) is 30.7 Å². The van der Waals surface area contributed by atoms with Gasteiger partial charge in [0.15, 0.2) is 5.82 Å². The Labute approximate surface area is 95.3 Å². The lowest BCUT2D eigenvalue weighted by atomic mass is 10.2. The number of hydrogen-bond donors (Lipinski definition) is 1. The van der Waals surface area contributed by atoms with E-state index in [1.807, 2.05) is 18.3 Å². The first-order valence-corrected chi connectivity index (χ1v) is 5.56. The normalized spacial score (nSPS) is 10.6. The van der Waals surface area contributed by atoms with Crippen LogP contribution in [-0.2, 0) is 6.54 Å². The number of hydrogen-bond acceptors (Lipinski definition) is 3. The summed E-state index contributed by atoms with van der Waals surface area (Å²) in [5.41, 5.74) is 1.17. The molecule has 84 valence electrons. The van der Waals surface area contributed by atoms with Crippen molar-refractivity contribution in [3.05, 3.63) is 42.4 Å². The molecule has 0 amide bonds. The molecule has 0 spiro atoms. The van der Waals surface area contributed by atoms with E-state index in [9.17, 15) is 0 Å². The highest BCUT2D eigenvalue weighted by Gasteiger charge is 2.04. The van der Waals surface area contributed by atoms with Crippen molar-refractivity contribution < 1.29 is 0 Å². The predicted molar refractivity (Wildman–Crippen MR) is 63.4 cm³/mol. The molecule has 2 aromatic heterocycles. The molecule has 0 aromatic carbocycles. The van der Waals surface area contributed by atoms with Gasteiger partial charge < -0.3 is 5.32 Å². The van der Waals surface area contributed by atoms with Gasteiger partial charge in [0.2, 0.25) is 0 Å². The average Bonchev–Trinajstić information content (AvgIpc) is 2.83. The van der Waals surface area contributed by atoms with E-state index in [0.29, 0.717) is 0 Å². The molecule has 2 heterocycles. The zero-order valence-electron chi connectivity index (χ0n) is 9.43. The molecule has 4 nitrogen and oxygen atoms in total. The summed E-state index contributed by atoms with van der Waals surface area (Å²) in [5.74, 6) is 0.899. The summed E-state index contributed by atoms with van der Waals surface area (Å²) in [6, 6.07) is 5.93. The molecule has 0 unspecified atom stereocenters. The van der Waals surface area contributed by atoms with Gasteiger partial charge in [0.25, 0.3) is 0 Å². The number of pyridine rings is 1. The maximum atomic E-state index is 4.36. The third-order valence-corrected chi connectivity index (χ3v) is 2.33. The van der Waals surface area contributed by atoms with Crippen LogP contribution in [0.15, 0.2) is 36.8 Å². The van der Waals surface area contributed by atoms with Crippen LogP contribution >= 0.6 is 0 Å². The first-order valence-electron chi connectivity index (χ1n) is 5.56. The Kier molecular flexibility index (Phi) is 3.66. The third-order valence-electron chi connectivity index (χ3n) is 2.33. The van der Waals surface area contributed by atoms with Crippen molar-refractivity contribution in [1.82, 2.24) is 20.1 Å². The monoisotopic (exact) mass is 216 g/mol. The van der Waals surface area contributed by atoms with Crippen molar-refractivity contribution in [3.8, 4) is 5.82 Å². The van der Waals surface area contributed by atoms with E-state index in [2.05, 4.69) is 28.4 Å². The Morgan fingerprint density at radius 2 is 2.25 bits per heavy atom. The van der Waals surface area contributed by atoms with Gasteiger partial charge in [-0.15, -0.1) is 0 Å². The van der Waals surface area contributed by atoms with Gasteiger partial charge in [0.1, 0.15) is 0 Å². The van der Waals surface area contributed by atoms with Gasteiger partial charge in [-0.3, -0.25) is 0 Å². The quantitative estimate of drug-likeness (QED) is 0.774. The summed E-state index contributed by atoms with van der Waals surface area (Å²) in [5, 5.41) is 7.57. The minimum Gasteiger partial charge on any atom is -0.313 e. The van der Waals surface area contributed by atoms with Crippen molar-refractivity contribution >= 4 is 0 Å². The second-order valence-corrected chi connectivity index (χ2v) is 3.61. The molecule has 0 aliphatic rings. The molecule has 0 aliphatic heterocycles. The summed E-state index contributed by atoms with van der Waals surface area (Å²) in [4.78, 5) is 4.36. The minimum atomic E-state index is 0.830. The highest BCUT2D eigenvalue weighted by atomic mass is 15.3. The largest absolute Gasteiger partial charge is 0.313 e. The molecule has 0 atom stereocenters. The topological polar surface area (TPSA) is 42.7 Å². The highest BCUT2D eigenvalue weighted by molar-refractivity contribution is 5.32. The van der Waals surface area contributed by atoms with Crippen LogP contribution < -0.4 is 5.32 Å². The molecule has 0 aliphatic carbocycles. The Balaban J connectivity index is 2.18. The SMILES string of the molecule is CCCNCc1cccnc1-n1cccn1. The van der Waals surface area contributed by atoms with Crippen LogP contribution in [0.25, 0.3) is 5.82 Å². The second-order valence-electron chi connectivity index (χ2n) is 3.61. The molecule has 16 heavy (non-hydrogen) atoms. The summed E-state index contributed by atoms with van der Waals surface area (Å²) >= 11 is 0. The number of rotatable bonds is 5. The molecule has 0 saturated heterocycles. The van der Waals surface area contributed by atoms with Crippen molar-refractivity contribution in [2.75, 3.05) is 6.54 Å². The Bertz CT molecular complexity index is 422. The lowest BCUT2D eigenvalue weighted by Gasteiger charge is -2.08. The van der Waals surface area contributed by atoms with Gasteiger partial charge in [-0.1, -0.05) is 13.0 Å². The molecule has 0 radical (unpaired) electrons. The van der Waals surface area contributed by atoms with Crippen LogP contribution in [0.3, 0.4) is 0 Å². The lowest BCUT2D eigenvalue weighted by Crippen LogP contribution is -2.16. The highest BCUT2D eigenvalue weighted by Crippen LogP contribution is 2.09. The molecule has 1 N–H and O–H groups in total. The number of nitrogens with zero attached hydrogens (tertiary/aromatic N) is 3. The average molecular weight is 216 g/mol. The molecule has 0 bridgehead atoms. The first-order chi connectivity index (χ1) is 7.92. The molecular formula is C12H16N4. The van der Waals surface area contributed by atoms with Crippen LogP contribution in [0.5, 0.6) is 0 Å². The van der Waals surface area contributed by atoms with Crippen LogP contribution in [0.1, 0.15) is 18.9 Å². The molecule has 0 saturated carbocycles. The zero-order chi connectivity index (χ0) is 11.2. The number of nitrogens with one attached hydrogen (secondary N) is 1. The fourth-order valence-corrected chi connectivity index (χ4v) is 1.57. The van der Waals surface area contributed by atoms with Crippen molar-refractivity contribution in [2.24, 2.45) is 0 Å². The van der Waals surface area contributed by atoms with Gasteiger partial charge in [-0.2, -0.15) is 5.10 Å². The second kappa shape index (κ2) is 5.42. The van der Waals surface area contributed by atoms with Crippen LogP contribution in [0.4, 0.5) is 0 Å². The predicted octanol–water partition coefficient (Wildman–Crippen LogP) is 1.77. The summed E-state index contributed by atoms with van der Waals surface area (Å²) < 4.78 is 1.79. The van der Waals surface area contributed by atoms with Crippen molar-refractivity contribution in [3.63, 3.8) is 0 Å². The van der Waals surface area contributed by atoms with E-state index in [-0.39, 0.29) is 0 Å². The van der Waals surface area contributed by atoms with E-state index in [4.69, 9.17) is 0 Å². The van der Waals surface area contributed by atoms with Gasteiger partial charge >= 0.3 is 0 Å². The standard InChI is InChI=1S/C12H16N4/c1-2-6-13-10-11-5-3-7-14-12(11)16-9-4-8-15-16/h3-5,7-9,13H,2,6,10H2,1H3. The number of aromatic nitrogens is 3. The summed E-state index contributed by atoms with van der Waals surface area (Å²) in [6.45, 7) is 4.01. The van der Waals surface area contributed by atoms with E-state index < -0.39 is 0 Å². The molecule has 2 rings (SSSR count). The van der Waals surface area contributed by atoms with E-state index in [1.54, 1.807) is 17.1 Å². The molecule has 2 aromatic rings. The Hall–Kier alpha value is -1.68. The Morgan fingerprint density at radius 1 is 1.31 bits per heavy atom. The van der Waals surface area contributed by atoms with Gasteiger partial charge in [-0.25, -0.2) is 9.67 Å². The molecule has 4 heteroatoms. The fraction of sp³-hybridized carbons (Fsp3) is 0.333. The van der Waals surface area contributed by atoms with Crippen LogP contribution in [-0.4, -0.2) is 21.3 Å². The fourth-order valence-electron chi connectivity index (χ4n) is 1.57. The third kappa shape index (κ3) is 2.46. The first kappa shape index (κ1) is 10.8.